The number of rotatable bonds is 7. The molecule has 15 heavy (non-hydrogen) atoms. The molecule has 3 atom stereocenters. The lowest BCUT2D eigenvalue weighted by atomic mass is 10.2. The molecule has 0 aromatic carbocycles. The van der Waals surface area contributed by atoms with Gasteiger partial charge in [0.05, 0.1) is 6.10 Å². The van der Waals surface area contributed by atoms with E-state index in [4.69, 9.17) is 9.84 Å². The summed E-state index contributed by atoms with van der Waals surface area (Å²) in [6, 6.07) is 0.442. The quantitative estimate of drug-likeness (QED) is 0.694. The van der Waals surface area contributed by atoms with E-state index in [1.54, 1.807) is 0 Å². The van der Waals surface area contributed by atoms with Gasteiger partial charge in [0.1, 0.15) is 0 Å². The maximum Gasteiger partial charge on any atom is 0.0666 e. The van der Waals surface area contributed by atoms with Crippen LogP contribution in [-0.2, 0) is 4.74 Å². The molecule has 1 fully saturated rings. The van der Waals surface area contributed by atoms with Crippen LogP contribution in [0.15, 0.2) is 0 Å². The highest BCUT2D eigenvalue weighted by molar-refractivity contribution is 8.00. The summed E-state index contributed by atoms with van der Waals surface area (Å²) < 4.78 is 5.53. The summed E-state index contributed by atoms with van der Waals surface area (Å²) >= 11 is 1.98. The lowest BCUT2D eigenvalue weighted by Gasteiger charge is -2.20. The highest BCUT2D eigenvalue weighted by atomic mass is 32.2. The van der Waals surface area contributed by atoms with E-state index in [2.05, 4.69) is 19.2 Å². The van der Waals surface area contributed by atoms with E-state index in [-0.39, 0.29) is 6.61 Å². The second kappa shape index (κ2) is 7.49. The predicted octanol–water partition coefficient (Wildman–Crippen LogP) is 1.26. The molecule has 4 heteroatoms. The van der Waals surface area contributed by atoms with Gasteiger partial charge in [-0.1, -0.05) is 6.92 Å². The fraction of sp³-hybridized carbons (Fsp3) is 1.00. The first-order chi connectivity index (χ1) is 7.27. The average Bonchev–Trinajstić information content (AvgIpc) is 2.61. The third-order valence-corrected chi connectivity index (χ3v) is 4.43. The Hall–Kier alpha value is 0.230. The average molecular weight is 233 g/mol. The maximum atomic E-state index is 8.93. The van der Waals surface area contributed by atoms with E-state index in [0.29, 0.717) is 17.4 Å². The molecule has 0 amide bonds. The summed E-state index contributed by atoms with van der Waals surface area (Å²) in [6.07, 6.45) is 2.42. The van der Waals surface area contributed by atoms with Crippen molar-refractivity contribution in [1.29, 1.82) is 0 Å². The lowest BCUT2D eigenvalue weighted by Crippen LogP contribution is -2.33. The molecule has 0 saturated carbocycles. The zero-order valence-corrected chi connectivity index (χ0v) is 10.6. The van der Waals surface area contributed by atoms with Gasteiger partial charge in [0.25, 0.3) is 0 Å². The molecule has 0 spiro atoms. The molecule has 0 aromatic heterocycles. The van der Waals surface area contributed by atoms with Gasteiger partial charge in [0, 0.05) is 30.3 Å². The zero-order valence-electron chi connectivity index (χ0n) is 9.74. The highest BCUT2D eigenvalue weighted by Gasteiger charge is 2.25. The molecule has 0 bridgehead atoms. The van der Waals surface area contributed by atoms with Crippen LogP contribution in [0, 0.1) is 0 Å². The Kier molecular flexibility index (Phi) is 6.64. The van der Waals surface area contributed by atoms with Crippen molar-refractivity contribution < 1.29 is 9.84 Å². The first kappa shape index (κ1) is 13.3. The minimum absolute atomic E-state index is 0.273. The number of aliphatic hydroxyl groups excluding tert-OH is 1. The third kappa shape index (κ3) is 4.72. The van der Waals surface area contributed by atoms with Crippen LogP contribution in [0.1, 0.15) is 26.7 Å². The zero-order chi connectivity index (χ0) is 11.1. The molecule has 3 nitrogen and oxygen atoms in total. The number of ether oxygens (including phenoxy) is 1. The Bertz CT molecular complexity index is 163. The van der Waals surface area contributed by atoms with Gasteiger partial charge in [-0.25, -0.2) is 0 Å². The Morgan fingerprint density at radius 2 is 2.40 bits per heavy atom. The van der Waals surface area contributed by atoms with Crippen LogP contribution in [0.25, 0.3) is 0 Å². The number of nitrogens with one attached hydrogen (secondary N) is 1. The van der Waals surface area contributed by atoms with E-state index in [0.717, 1.165) is 25.3 Å². The smallest absolute Gasteiger partial charge is 0.0666 e. The van der Waals surface area contributed by atoms with Gasteiger partial charge < -0.3 is 15.2 Å². The molecule has 90 valence electrons. The summed E-state index contributed by atoms with van der Waals surface area (Å²) in [5.41, 5.74) is 0. The Morgan fingerprint density at radius 1 is 1.60 bits per heavy atom. The predicted molar refractivity (Wildman–Crippen MR) is 65.4 cm³/mol. The largest absolute Gasteiger partial charge is 0.396 e. The van der Waals surface area contributed by atoms with Crippen molar-refractivity contribution >= 4 is 11.8 Å². The molecule has 2 N–H and O–H groups in total. The van der Waals surface area contributed by atoms with E-state index < -0.39 is 0 Å². The Morgan fingerprint density at radius 3 is 2.93 bits per heavy atom. The third-order valence-electron chi connectivity index (χ3n) is 2.79. The van der Waals surface area contributed by atoms with Crippen molar-refractivity contribution in [1.82, 2.24) is 5.32 Å². The van der Waals surface area contributed by atoms with Gasteiger partial charge >= 0.3 is 0 Å². The number of aliphatic hydroxyl groups is 1. The standard InChI is InChI=1S/C11H23NO2S/c1-3-12-10(4-6-13)8-15-11-5-7-14-9(11)2/h9-13H,3-8H2,1-2H3. The molecular weight excluding hydrogens is 210 g/mol. The molecule has 1 aliphatic rings. The van der Waals surface area contributed by atoms with Gasteiger partial charge in [-0.15, -0.1) is 0 Å². The molecule has 3 unspecified atom stereocenters. The van der Waals surface area contributed by atoms with Crippen molar-refractivity contribution in [2.24, 2.45) is 0 Å². The maximum absolute atomic E-state index is 8.93. The molecule has 0 aliphatic carbocycles. The van der Waals surface area contributed by atoms with Crippen LogP contribution < -0.4 is 5.32 Å². The molecule has 0 radical (unpaired) electrons. The van der Waals surface area contributed by atoms with Crippen LogP contribution in [0.3, 0.4) is 0 Å². The van der Waals surface area contributed by atoms with E-state index >= 15 is 0 Å². The first-order valence-corrected chi connectivity index (χ1v) is 6.90. The Balaban J connectivity index is 2.19. The fourth-order valence-electron chi connectivity index (χ4n) is 1.86. The number of hydrogen-bond acceptors (Lipinski definition) is 4. The van der Waals surface area contributed by atoms with E-state index in [1.165, 1.54) is 6.42 Å². The number of hydrogen-bond donors (Lipinski definition) is 2. The minimum atomic E-state index is 0.273. The van der Waals surface area contributed by atoms with Crippen molar-refractivity contribution in [2.45, 2.75) is 44.1 Å². The molecule has 1 aliphatic heterocycles. The molecule has 1 heterocycles. The van der Waals surface area contributed by atoms with Crippen LogP contribution >= 0.6 is 11.8 Å². The monoisotopic (exact) mass is 233 g/mol. The van der Waals surface area contributed by atoms with Crippen LogP contribution in [0.2, 0.25) is 0 Å². The second-order valence-corrected chi connectivity index (χ2v) is 5.28. The summed E-state index contributed by atoms with van der Waals surface area (Å²) in [6.45, 7) is 6.41. The number of thioether (sulfide) groups is 1. The minimum Gasteiger partial charge on any atom is -0.396 e. The summed E-state index contributed by atoms with van der Waals surface area (Å²) in [7, 11) is 0. The SMILES string of the molecule is CCNC(CCO)CSC1CCOC1C. The summed E-state index contributed by atoms with van der Waals surface area (Å²) in [4.78, 5) is 0. The van der Waals surface area contributed by atoms with Gasteiger partial charge in [-0.3, -0.25) is 0 Å². The topological polar surface area (TPSA) is 41.5 Å². The van der Waals surface area contributed by atoms with Gasteiger partial charge in [-0.05, 0) is 26.3 Å². The molecule has 1 saturated heterocycles. The van der Waals surface area contributed by atoms with Crippen molar-refractivity contribution in [3.05, 3.63) is 0 Å². The van der Waals surface area contributed by atoms with E-state index in [1.807, 2.05) is 11.8 Å². The van der Waals surface area contributed by atoms with Gasteiger partial charge in [0.2, 0.25) is 0 Å². The summed E-state index contributed by atoms with van der Waals surface area (Å²) in [5, 5.41) is 13.0. The molecule has 0 aromatic rings. The van der Waals surface area contributed by atoms with Gasteiger partial charge in [0.15, 0.2) is 0 Å². The Labute approximate surface area is 97.0 Å². The second-order valence-electron chi connectivity index (χ2n) is 4.00. The lowest BCUT2D eigenvalue weighted by molar-refractivity contribution is 0.127. The summed E-state index contributed by atoms with van der Waals surface area (Å²) in [5.74, 6) is 1.08. The van der Waals surface area contributed by atoms with E-state index in [9.17, 15) is 0 Å². The normalized spacial score (nSPS) is 28.2. The van der Waals surface area contributed by atoms with Crippen molar-refractivity contribution in [3.63, 3.8) is 0 Å². The first-order valence-electron chi connectivity index (χ1n) is 5.85. The molecular formula is C11H23NO2S. The highest BCUT2D eigenvalue weighted by Crippen LogP contribution is 2.26. The van der Waals surface area contributed by atoms with Crippen LogP contribution in [-0.4, -0.2) is 48.0 Å². The van der Waals surface area contributed by atoms with Gasteiger partial charge in [-0.2, -0.15) is 11.8 Å². The fourth-order valence-corrected chi connectivity index (χ4v) is 3.24. The van der Waals surface area contributed by atoms with Crippen LogP contribution in [0.4, 0.5) is 0 Å². The van der Waals surface area contributed by atoms with Crippen molar-refractivity contribution in [2.75, 3.05) is 25.5 Å². The van der Waals surface area contributed by atoms with Crippen molar-refractivity contribution in [3.8, 4) is 0 Å². The molecule has 1 rings (SSSR count). The van der Waals surface area contributed by atoms with Crippen LogP contribution in [0.5, 0.6) is 0 Å².